The van der Waals surface area contributed by atoms with Crippen LogP contribution in [0.4, 0.5) is 13.2 Å². The molecule has 0 radical (unpaired) electrons. The van der Waals surface area contributed by atoms with Crippen LogP contribution in [0.25, 0.3) is 0 Å². The van der Waals surface area contributed by atoms with E-state index in [-0.39, 0.29) is 24.3 Å². The number of benzene rings is 1. The summed E-state index contributed by atoms with van der Waals surface area (Å²) in [6.45, 7) is 1.43. The summed E-state index contributed by atoms with van der Waals surface area (Å²) in [5.74, 6) is -1.73. The van der Waals surface area contributed by atoms with Crippen molar-refractivity contribution in [1.82, 2.24) is 4.90 Å². The van der Waals surface area contributed by atoms with Gasteiger partial charge in [-0.15, -0.1) is 0 Å². The summed E-state index contributed by atoms with van der Waals surface area (Å²) >= 11 is 0. The molecule has 1 heterocycles. The largest absolute Gasteiger partial charge is 0.480 e. The fourth-order valence-electron chi connectivity index (χ4n) is 2.60. The van der Waals surface area contributed by atoms with Crippen LogP contribution in [0.3, 0.4) is 0 Å². The van der Waals surface area contributed by atoms with Crippen molar-refractivity contribution < 1.29 is 22.7 Å². The summed E-state index contributed by atoms with van der Waals surface area (Å²) in [5.41, 5.74) is 0.277. The smallest absolute Gasteiger partial charge is 0.393 e. The number of carbonyl (C=O) groups excluding carboxylic acids is 1. The molecule has 0 bridgehead atoms. The average molecular weight is 326 g/mol. The number of amides is 1. The highest BCUT2D eigenvalue weighted by atomic mass is 19.4. The van der Waals surface area contributed by atoms with Crippen molar-refractivity contribution in [2.45, 2.75) is 32.0 Å². The van der Waals surface area contributed by atoms with E-state index in [0.717, 1.165) is 0 Å². The molecule has 1 aromatic carbocycles. The van der Waals surface area contributed by atoms with E-state index in [1.165, 1.54) is 11.8 Å². The Morgan fingerprint density at radius 1 is 1.43 bits per heavy atom. The quantitative estimate of drug-likeness (QED) is 0.857. The van der Waals surface area contributed by atoms with E-state index in [1.54, 1.807) is 24.3 Å². The molecule has 1 aromatic rings. The maximum Gasteiger partial charge on any atom is 0.393 e. The minimum Gasteiger partial charge on any atom is -0.480 e. The van der Waals surface area contributed by atoms with Crippen LogP contribution in [0.2, 0.25) is 0 Å². The molecule has 7 heteroatoms. The Morgan fingerprint density at radius 2 is 2.13 bits per heavy atom. The predicted molar refractivity (Wildman–Crippen MR) is 76.6 cm³/mol. The van der Waals surface area contributed by atoms with Crippen LogP contribution < -0.4 is 4.74 Å². The second-order valence-electron chi connectivity index (χ2n) is 5.53. The van der Waals surface area contributed by atoms with E-state index in [4.69, 9.17) is 10.00 Å². The molecule has 0 saturated carbocycles. The molecule has 23 heavy (non-hydrogen) atoms. The Bertz CT molecular complexity index is 610. The molecule has 1 saturated heterocycles. The van der Waals surface area contributed by atoms with Crippen LogP contribution in [-0.2, 0) is 4.79 Å². The van der Waals surface area contributed by atoms with Gasteiger partial charge in [0, 0.05) is 13.1 Å². The number of halogens is 3. The lowest BCUT2D eigenvalue weighted by molar-refractivity contribution is -0.189. The highest BCUT2D eigenvalue weighted by molar-refractivity contribution is 5.81. The fourth-order valence-corrected chi connectivity index (χ4v) is 2.60. The summed E-state index contributed by atoms with van der Waals surface area (Å²) in [4.78, 5) is 13.5. The second kappa shape index (κ2) is 6.90. The molecular formula is C16H17F3N2O2. The zero-order valence-corrected chi connectivity index (χ0v) is 12.6. The van der Waals surface area contributed by atoms with Gasteiger partial charge in [-0.2, -0.15) is 18.4 Å². The van der Waals surface area contributed by atoms with Gasteiger partial charge >= 0.3 is 6.18 Å². The minimum atomic E-state index is -4.30. The highest BCUT2D eigenvalue weighted by Crippen LogP contribution is 2.33. The zero-order chi connectivity index (χ0) is 17.0. The Kier molecular flexibility index (Phi) is 5.14. The average Bonchev–Trinajstić information content (AvgIpc) is 2.54. The Labute approximate surface area is 132 Å². The number of hydrogen-bond acceptors (Lipinski definition) is 3. The number of piperidine rings is 1. The second-order valence-corrected chi connectivity index (χ2v) is 5.53. The summed E-state index contributed by atoms with van der Waals surface area (Å²) in [5, 5.41) is 8.99. The number of nitriles is 1. The third-order valence-corrected chi connectivity index (χ3v) is 3.85. The number of nitrogens with zero attached hydrogens (tertiary/aromatic N) is 2. The van der Waals surface area contributed by atoms with Crippen LogP contribution in [0.15, 0.2) is 24.3 Å². The third kappa shape index (κ3) is 4.15. The van der Waals surface area contributed by atoms with Crippen molar-refractivity contribution in [2.24, 2.45) is 5.92 Å². The lowest BCUT2D eigenvalue weighted by Gasteiger charge is -2.35. The molecule has 1 amide bonds. The molecule has 1 fully saturated rings. The van der Waals surface area contributed by atoms with Crippen LogP contribution in [-0.4, -0.2) is 36.2 Å². The number of likely N-dealkylation sites (tertiary alicyclic amines) is 1. The molecule has 0 spiro atoms. The fraction of sp³-hybridized carbons (Fsp3) is 0.500. The first kappa shape index (κ1) is 17.1. The molecule has 1 aliphatic heterocycles. The molecule has 0 aromatic heterocycles. The van der Waals surface area contributed by atoms with Gasteiger partial charge < -0.3 is 9.64 Å². The van der Waals surface area contributed by atoms with Gasteiger partial charge in [0.1, 0.15) is 11.8 Å². The maximum absolute atomic E-state index is 12.8. The van der Waals surface area contributed by atoms with E-state index in [0.29, 0.717) is 13.0 Å². The SMILES string of the molecule is C[C@@H](Oc1ccccc1C#N)C(=O)N1CCC[C@@H](C(F)(F)F)C1. The molecule has 1 aliphatic rings. The number of alkyl halides is 3. The van der Waals surface area contributed by atoms with Crippen molar-refractivity contribution in [3.05, 3.63) is 29.8 Å². The standard InChI is InChI=1S/C16H17F3N2O2/c1-11(23-14-7-3-2-5-12(14)9-20)15(22)21-8-4-6-13(10-21)16(17,18)19/h2-3,5,7,11,13H,4,6,8,10H2,1H3/t11-,13-/m1/s1. The van der Waals surface area contributed by atoms with Crippen molar-refractivity contribution in [3.63, 3.8) is 0 Å². The van der Waals surface area contributed by atoms with E-state index >= 15 is 0 Å². The van der Waals surface area contributed by atoms with Crippen LogP contribution in [0.1, 0.15) is 25.3 Å². The topological polar surface area (TPSA) is 53.3 Å². The van der Waals surface area contributed by atoms with Gasteiger partial charge in [-0.25, -0.2) is 0 Å². The summed E-state index contributed by atoms with van der Waals surface area (Å²) in [7, 11) is 0. The van der Waals surface area contributed by atoms with Gasteiger partial charge in [0.25, 0.3) is 5.91 Å². The molecule has 2 rings (SSSR count). The van der Waals surface area contributed by atoms with E-state index in [1.807, 2.05) is 6.07 Å². The minimum absolute atomic E-state index is 0.0415. The molecule has 124 valence electrons. The molecule has 0 N–H and O–H groups in total. The normalized spacial score (nSPS) is 19.8. The number of rotatable bonds is 3. The molecular weight excluding hydrogens is 309 g/mol. The van der Waals surface area contributed by atoms with Gasteiger partial charge in [-0.05, 0) is 31.9 Å². The van der Waals surface area contributed by atoms with Gasteiger partial charge in [0.05, 0.1) is 11.5 Å². The van der Waals surface area contributed by atoms with Crippen molar-refractivity contribution in [1.29, 1.82) is 5.26 Å². The van der Waals surface area contributed by atoms with E-state index in [2.05, 4.69) is 0 Å². The first-order chi connectivity index (χ1) is 10.8. The van der Waals surface area contributed by atoms with Gasteiger partial charge in [-0.3, -0.25) is 4.79 Å². The monoisotopic (exact) mass is 326 g/mol. The van der Waals surface area contributed by atoms with Crippen LogP contribution in [0, 0.1) is 17.2 Å². The Hall–Kier alpha value is -2.23. The molecule has 2 atom stereocenters. The summed E-state index contributed by atoms with van der Waals surface area (Å²) < 4.78 is 43.9. The number of carbonyl (C=O) groups is 1. The molecule has 0 unspecified atom stereocenters. The van der Waals surface area contributed by atoms with Gasteiger partial charge in [0.2, 0.25) is 0 Å². The number of ether oxygens (including phenoxy) is 1. The van der Waals surface area contributed by atoms with Crippen LogP contribution >= 0.6 is 0 Å². The lowest BCUT2D eigenvalue weighted by atomic mass is 9.97. The summed E-state index contributed by atoms with van der Waals surface area (Å²) in [6, 6.07) is 8.37. The van der Waals surface area contributed by atoms with Crippen molar-refractivity contribution >= 4 is 5.91 Å². The third-order valence-electron chi connectivity index (χ3n) is 3.85. The number of hydrogen-bond donors (Lipinski definition) is 0. The van der Waals surface area contributed by atoms with Crippen molar-refractivity contribution in [3.8, 4) is 11.8 Å². The van der Waals surface area contributed by atoms with Gasteiger partial charge in [-0.1, -0.05) is 12.1 Å². The van der Waals surface area contributed by atoms with Gasteiger partial charge in [0.15, 0.2) is 6.10 Å². The van der Waals surface area contributed by atoms with E-state index in [9.17, 15) is 18.0 Å². The first-order valence-corrected chi connectivity index (χ1v) is 7.34. The highest BCUT2D eigenvalue weighted by Gasteiger charge is 2.43. The van der Waals surface area contributed by atoms with Crippen molar-refractivity contribution in [2.75, 3.05) is 13.1 Å². The lowest BCUT2D eigenvalue weighted by Crippen LogP contribution is -2.48. The predicted octanol–water partition coefficient (Wildman–Crippen LogP) is 3.13. The zero-order valence-electron chi connectivity index (χ0n) is 12.6. The van der Waals surface area contributed by atoms with Crippen LogP contribution in [0.5, 0.6) is 5.75 Å². The maximum atomic E-state index is 12.8. The van der Waals surface area contributed by atoms with E-state index < -0.39 is 24.1 Å². The Morgan fingerprint density at radius 3 is 2.78 bits per heavy atom. The number of para-hydroxylation sites is 1. The Balaban J connectivity index is 2.03. The summed E-state index contributed by atoms with van der Waals surface area (Å²) in [6.07, 6.45) is -4.88. The first-order valence-electron chi connectivity index (χ1n) is 7.34. The molecule has 4 nitrogen and oxygen atoms in total. The molecule has 0 aliphatic carbocycles.